The molecule has 1 saturated heterocycles. The van der Waals surface area contributed by atoms with Crippen molar-refractivity contribution >= 4 is 17.5 Å². The maximum Gasteiger partial charge on any atom is 0.292 e. The van der Waals surface area contributed by atoms with E-state index in [2.05, 4.69) is 11.9 Å². The Morgan fingerprint density at radius 2 is 1.96 bits per heavy atom. The number of carbonyl (C=O) groups is 2. The zero-order chi connectivity index (χ0) is 19.1. The quantitative estimate of drug-likeness (QED) is 0.704. The molecular weight excluding hydrogens is 334 g/mol. The minimum absolute atomic E-state index is 0.405. The van der Waals surface area contributed by atoms with Crippen molar-refractivity contribution in [2.24, 2.45) is 5.41 Å². The van der Waals surface area contributed by atoms with Gasteiger partial charge in [-0.3, -0.25) is 19.7 Å². The lowest BCUT2D eigenvalue weighted by molar-refractivity contribution is -0.149. The summed E-state index contributed by atoms with van der Waals surface area (Å²) in [7, 11) is 0. The van der Waals surface area contributed by atoms with Gasteiger partial charge in [0.05, 0.1) is 11.1 Å². The van der Waals surface area contributed by atoms with E-state index in [1.807, 2.05) is 26.0 Å². The Morgan fingerprint density at radius 1 is 1.31 bits per heavy atom. The van der Waals surface area contributed by atoms with Gasteiger partial charge in [0.2, 0.25) is 11.7 Å². The van der Waals surface area contributed by atoms with Gasteiger partial charge in [0.1, 0.15) is 6.04 Å². The first-order chi connectivity index (χ1) is 12.2. The molecule has 1 spiro atoms. The molecule has 1 fully saturated rings. The average molecular weight is 355 g/mol. The minimum atomic E-state index is -1.59. The summed E-state index contributed by atoms with van der Waals surface area (Å²) in [6.07, 6.45) is 3.15. The van der Waals surface area contributed by atoms with Gasteiger partial charge in [-0.05, 0) is 24.6 Å². The van der Waals surface area contributed by atoms with Crippen molar-refractivity contribution in [3.8, 4) is 0 Å². The third-order valence-corrected chi connectivity index (χ3v) is 6.14. The Labute approximate surface area is 151 Å². The van der Waals surface area contributed by atoms with Crippen LogP contribution in [0, 0.1) is 5.41 Å². The minimum Gasteiger partial charge on any atom is -0.503 e. The van der Waals surface area contributed by atoms with Crippen LogP contribution < -0.4 is 10.4 Å². The number of carbonyl (C=O) groups excluding carboxylic acids is 2. The van der Waals surface area contributed by atoms with Gasteiger partial charge in [-0.25, -0.2) is 5.06 Å². The summed E-state index contributed by atoms with van der Waals surface area (Å²) in [5.74, 6) is -3.16. The van der Waals surface area contributed by atoms with E-state index in [4.69, 9.17) is 0 Å². The van der Waals surface area contributed by atoms with Gasteiger partial charge in [0.15, 0.2) is 5.76 Å². The van der Waals surface area contributed by atoms with Crippen molar-refractivity contribution in [3.63, 3.8) is 0 Å². The van der Waals surface area contributed by atoms with Crippen LogP contribution in [0.15, 0.2) is 48.8 Å². The number of benzene rings is 1. The number of aliphatic hydroxyl groups excluding tert-OH is 1. The Balaban J connectivity index is 2.20. The largest absolute Gasteiger partial charge is 0.503 e. The number of rotatable bonds is 2. The number of fused-ring (bicyclic) bond motifs is 2. The number of aliphatic hydroxyl groups is 1. The molecule has 7 nitrogen and oxygen atoms in total. The van der Waals surface area contributed by atoms with Crippen LogP contribution in [0.2, 0.25) is 0 Å². The van der Waals surface area contributed by atoms with E-state index in [1.165, 1.54) is 11.0 Å². The maximum absolute atomic E-state index is 12.8. The van der Waals surface area contributed by atoms with E-state index in [1.54, 1.807) is 25.1 Å². The number of hydroxylamine groups is 1. The fourth-order valence-electron chi connectivity index (χ4n) is 4.73. The van der Waals surface area contributed by atoms with Crippen LogP contribution in [-0.4, -0.2) is 38.9 Å². The lowest BCUT2D eigenvalue weighted by atomic mass is 9.57. The maximum atomic E-state index is 12.8. The van der Waals surface area contributed by atoms with Gasteiger partial charge in [-0.15, -0.1) is 6.58 Å². The zero-order valence-corrected chi connectivity index (χ0v) is 14.9. The summed E-state index contributed by atoms with van der Waals surface area (Å²) < 4.78 is 0. The van der Waals surface area contributed by atoms with Crippen LogP contribution >= 0.6 is 0 Å². The SMILES string of the molecule is C=CC(C)(C)C12C=C(O)C(=O)N3C(C)C(=O)NC31N(O)c1ccccc12. The first kappa shape index (κ1) is 16.7. The van der Waals surface area contributed by atoms with Gasteiger partial charge < -0.3 is 10.4 Å². The zero-order valence-electron chi connectivity index (χ0n) is 14.9. The molecule has 3 heterocycles. The Bertz CT molecular complexity index is 893. The second-order valence-corrected chi connectivity index (χ2v) is 7.60. The van der Waals surface area contributed by atoms with E-state index < -0.39 is 40.2 Å². The summed E-state index contributed by atoms with van der Waals surface area (Å²) in [5, 5.41) is 25.5. The van der Waals surface area contributed by atoms with Crippen LogP contribution in [-0.2, 0) is 15.0 Å². The fraction of sp³-hybridized carbons (Fsp3) is 0.368. The van der Waals surface area contributed by atoms with Crippen molar-refractivity contribution in [1.82, 2.24) is 10.2 Å². The van der Waals surface area contributed by atoms with E-state index in [9.17, 15) is 19.9 Å². The number of hydrogen-bond acceptors (Lipinski definition) is 5. The topological polar surface area (TPSA) is 93.1 Å². The monoisotopic (exact) mass is 355 g/mol. The lowest BCUT2D eigenvalue weighted by Gasteiger charge is -2.56. The molecule has 4 rings (SSSR count). The molecule has 3 aliphatic rings. The van der Waals surface area contributed by atoms with E-state index >= 15 is 0 Å². The van der Waals surface area contributed by atoms with Crippen LogP contribution in [0.4, 0.5) is 5.69 Å². The van der Waals surface area contributed by atoms with Crippen molar-refractivity contribution in [2.75, 3.05) is 5.06 Å². The molecule has 3 unspecified atom stereocenters. The van der Waals surface area contributed by atoms with Crippen LogP contribution in [0.25, 0.3) is 0 Å². The van der Waals surface area contributed by atoms with Gasteiger partial charge in [-0.2, -0.15) is 0 Å². The predicted molar refractivity (Wildman–Crippen MR) is 94.3 cm³/mol. The molecule has 0 aliphatic carbocycles. The highest BCUT2D eigenvalue weighted by Crippen LogP contribution is 2.63. The lowest BCUT2D eigenvalue weighted by Crippen LogP contribution is -2.76. The molecule has 0 aromatic heterocycles. The van der Waals surface area contributed by atoms with Crippen LogP contribution in [0.3, 0.4) is 0 Å². The molecule has 3 N–H and O–H groups in total. The van der Waals surface area contributed by atoms with E-state index in [0.29, 0.717) is 11.3 Å². The molecule has 0 saturated carbocycles. The summed E-state index contributed by atoms with van der Waals surface area (Å²) in [5.41, 5.74) is -0.748. The predicted octanol–water partition coefficient (Wildman–Crippen LogP) is 1.80. The summed E-state index contributed by atoms with van der Waals surface area (Å²) in [4.78, 5) is 26.6. The molecule has 2 amide bonds. The van der Waals surface area contributed by atoms with E-state index in [0.717, 1.165) is 5.06 Å². The highest BCUT2D eigenvalue weighted by atomic mass is 16.5. The molecule has 0 radical (unpaired) electrons. The number of hydrogen-bond donors (Lipinski definition) is 3. The normalized spacial score (nSPS) is 32.6. The van der Waals surface area contributed by atoms with Gasteiger partial charge in [-0.1, -0.05) is 38.1 Å². The number of para-hydroxylation sites is 1. The van der Waals surface area contributed by atoms with Crippen molar-refractivity contribution < 1.29 is 19.9 Å². The number of amides is 2. The highest BCUT2D eigenvalue weighted by molar-refractivity contribution is 6.02. The number of allylic oxidation sites excluding steroid dienone is 1. The summed E-state index contributed by atoms with van der Waals surface area (Å²) >= 11 is 0. The molecule has 136 valence electrons. The number of nitrogens with zero attached hydrogens (tertiary/aromatic N) is 2. The smallest absolute Gasteiger partial charge is 0.292 e. The summed E-state index contributed by atoms with van der Waals surface area (Å²) in [6, 6.07) is 6.26. The average Bonchev–Trinajstić information content (AvgIpc) is 3.00. The number of anilines is 1. The van der Waals surface area contributed by atoms with Gasteiger partial charge in [0, 0.05) is 5.41 Å². The highest BCUT2D eigenvalue weighted by Gasteiger charge is 2.76. The molecule has 0 bridgehead atoms. The molecule has 7 heteroatoms. The number of nitrogens with one attached hydrogen (secondary N) is 1. The summed E-state index contributed by atoms with van der Waals surface area (Å²) in [6.45, 7) is 9.29. The fourth-order valence-corrected chi connectivity index (χ4v) is 4.73. The second kappa shape index (κ2) is 4.67. The second-order valence-electron chi connectivity index (χ2n) is 7.60. The molecule has 1 aromatic carbocycles. The van der Waals surface area contributed by atoms with Crippen molar-refractivity contribution in [2.45, 2.75) is 38.0 Å². The van der Waals surface area contributed by atoms with Crippen molar-refractivity contribution in [1.29, 1.82) is 0 Å². The molecule has 3 aliphatic heterocycles. The molecule has 1 aromatic rings. The van der Waals surface area contributed by atoms with Gasteiger partial charge >= 0.3 is 0 Å². The first-order valence-corrected chi connectivity index (χ1v) is 8.45. The van der Waals surface area contributed by atoms with Crippen LogP contribution in [0.1, 0.15) is 26.3 Å². The molecule has 3 atom stereocenters. The van der Waals surface area contributed by atoms with Crippen molar-refractivity contribution in [3.05, 3.63) is 54.3 Å². The Kier molecular flexibility index (Phi) is 2.99. The molecule has 26 heavy (non-hydrogen) atoms. The van der Waals surface area contributed by atoms with E-state index in [-0.39, 0.29) is 0 Å². The first-order valence-electron chi connectivity index (χ1n) is 8.45. The molecular formula is C19H21N3O4. The van der Waals surface area contributed by atoms with Gasteiger partial charge in [0.25, 0.3) is 5.91 Å². The Hall–Kier alpha value is -2.80. The Morgan fingerprint density at radius 3 is 2.62 bits per heavy atom. The third kappa shape index (κ3) is 1.45. The van der Waals surface area contributed by atoms with Crippen LogP contribution in [0.5, 0.6) is 0 Å². The standard InChI is InChI=1S/C19H21N3O4/c1-5-17(3,4)18-10-14(23)16(25)21-11(2)15(24)20-19(18,21)22(26)13-9-7-6-8-12(13)18/h5-11,23,26H,1H2,2-4H3,(H,20,24). The third-order valence-electron chi connectivity index (χ3n) is 6.14.